The average Bonchev–Trinajstić information content (AvgIpc) is 3.82. The van der Waals surface area contributed by atoms with Gasteiger partial charge in [0.05, 0.1) is 5.69 Å². The first-order valence-electron chi connectivity index (χ1n) is 18.7. The van der Waals surface area contributed by atoms with Crippen molar-refractivity contribution in [3.63, 3.8) is 0 Å². The minimum Gasteiger partial charge on any atom is -0.456 e. The van der Waals surface area contributed by atoms with Crippen LogP contribution in [0.4, 0.5) is 17.1 Å². The summed E-state index contributed by atoms with van der Waals surface area (Å²) in [4.78, 5) is 2.42. The van der Waals surface area contributed by atoms with Crippen LogP contribution in [0.3, 0.4) is 0 Å². The molecular formula is C52H33NOS. The van der Waals surface area contributed by atoms with Gasteiger partial charge in [-0.3, -0.25) is 0 Å². The highest BCUT2D eigenvalue weighted by molar-refractivity contribution is 7.25. The van der Waals surface area contributed by atoms with Crippen LogP contribution in [0.15, 0.2) is 205 Å². The molecule has 0 atom stereocenters. The molecule has 55 heavy (non-hydrogen) atoms. The van der Waals surface area contributed by atoms with Crippen molar-refractivity contribution in [2.75, 3.05) is 4.90 Å². The maximum absolute atomic E-state index is 6.25. The molecule has 0 amide bonds. The number of hydrogen-bond donors (Lipinski definition) is 0. The van der Waals surface area contributed by atoms with E-state index in [0.717, 1.165) is 50.1 Å². The van der Waals surface area contributed by atoms with Crippen molar-refractivity contribution in [1.82, 2.24) is 0 Å². The molecule has 9 aromatic carbocycles. The smallest absolute Gasteiger partial charge is 0.136 e. The van der Waals surface area contributed by atoms with E-state index < -0.39 is 0 Å². The van der Waals surface area contributed by atoms with E-state index in [1.807, 2.05) is 23.5 Å². The lowest BCUT2D eigenvalue weighted by molar-refractivity contribution is 0.669. The molecule has 2 aromatic heterocycles. The third-order valence-electron chi connectivity index (χ3n) is 10.9. The van der Waals surface area contributed by atoms with Crippen molar-refractivity contribution in [2.24, 2.45) is 0 Å². The first-order chi connectivity index (χ1) is 27.3. The number of benzene rings is 9. The second-order valence-corrected chi connectivity index (χ2v) is 15.1. The Morgan fingerprint density at radius 2 is 0.982 bits per heavy atom. The highest BCUT2D eigenvalue weighted by Gasteiger charge is 2.20. The highest BCUT2D eigenvalue weighted by Crippen LogP contribution is 2.45. The zero-order valence-electron chi connectivity index (χ0n) is 29.8. The number of thiophene rings is 1. The Hall–Kier alpha value is -6.94. The Morgan fingerprint density at radius 3 is 1.89 bits per heavy atom. The van der Waals surface area contributed by atoms with Crippen molar-refractivity contribution in [2.45, 2.75) is 0 Å². The van der Waals surface area contributed by atoms with Crippen molar-refractivity contribution in [3.05, 3.63) is 200 Å². The minimum atomic E-state index is 0.903. The summed E-state index contributed by atoms with van der Waals surface area (Å²) in [7, 11) is 0. The van der Waals surface area contributed by atoms with Gasteiger partial charge in [-0.05, 0) is 93.2 Å². The van der Waals surface area contributed by atoms with Gasteiger partial charge in [0.1, 0.15) is 11.2 Å². The molecule has 0 saturated carbocycles. The number of hydrogen-bond acceptors (Lipinski definition) is 3. The molecule has 0 aliphatic rings. The van der Waals surface area contributed by atoms with Crippen molar-refractivity contribution in [3.8, 4) is 33.4 Å². The third kappa shape index (κ3) is 5.32. The van der Waals surface area contributed by atoms with E-state index in [1.165, 1.54) is 53.2 Å². The fourth-order valence-corrected chi connectivity index (χ4v) is 9.47. The molecule has 0 aliphatic carbocycles. The molecule has 0 spiro atoms. The first kappa shape index (κ1) is 31.6. The van der Waals surface area contributed by atoms with E-state index in [4.69, 9.17) is 4.42 Å². The lowest BCUT2D eigenvalue weighted by Gasteiger charge is -2.28. The molecule has 0 bridgehead atoms. The predicted octanol–water partition coefficient (Wildman–Crippen LogP) is 15.6. The molecule has 0 aliphatic heterocycles. The molecule has 11 aromatic rings. The Kier molecular flexibility index (Phi) is 7.39. The molecule has 0 saturated heterocycles. The van der Waals surface area contributed by atoms with E-state index in [0.29, 0.717) is 0 Å². The molecule has 2 heterocycles. The summed E-state index contributed by atoms with van der Waals surface area (Å²) in [6.45, 7) is 0. The van der Waals surface area contributed by atoms with Crippen LogP contribution in [0.5, 0.6) is 0 Å². The van der Waals surface area contributed by atoms with Crippen LogP contribution in [-0.2, 0) is 0 Å². The normalized spacial score (nSPS) is 11.6. The van der Waals surface area contributed by atoms with Crippen molar-refractivity contribution < 1.29 is 4.42 Å². The number of fused-ring (bicyclic) bond motifs is 7. The van der Waals surface area contributed by atoms with Crippen LogP contribution < -0.4 is 4.90 Å². The van der Waals surface area contributed by atoms with Gasteiger partial charge in [0, 0.05) is 47.9 Å². The van der Waals surface area contributed by atoms with Gasteiger partial charge >= 0.3 is 0 Å². The van der Waals surface area contributed by atoms with E-state index in [9.17, 15) is 0 Å². The van der Waals surface area contributed by atoms with Crippen LogP contribution in [-0.4, -0.2) is 0 Å². The molecule has 11 rings (SSSR count). The molecule has 0 radical (unpaired) electrons. The summed E-state index contributed by atoms with van der Waals surface area (Å²) in [6, 6.07) is 72.3. The number of furan rings is 1. The summed E-state index contributed by atoms with van der Waals surface area (Å²) in [5.41, 5.74) is 12.2. The summed E-state index contributed by atoms with van der Waals surface area (Å²) >= 11 is 1.85. The maximum Gasteiger partial charge on any atom is 0.136 e. The molecular weight excluding hydrogens is 687 g/mol. The van der Waals surface area contributed by atoms with Gasteiger partial charge in [-0.15, -0.1) is 11.3 Å². The highest BCUT2D eigenvalue weighted by atomic mass is 32.1. The minimum absolute atomic E-state index is 0.903. The Bertz CT molecular complexity index is 3220. The molecule has 3 heteroatoms. The molecule has 258 valence electrons. The number of para-hydroxylation sites is 2. The predicted molar refractivity (Wildman–Crippen MR) is 235 cm³/mol. The molecule has 0 fully saturated rings. The topological polar surface area (TPSA) is 16.4 Å². The fraction of sp³-hybridized carbons (Fsp3) is 0. The summed E-state index contributed by atoms with van der Waals surface area (Å²) in [6.07, 6.45) is 0. The van der Waals surface area contributed by atoms with Gasteiger partial charge in [-0.25, -0.2) is 0 Å². The second kappa shape index (κ2) is 12.9. The van der Waals surface area contributed by atoms with Crippen molar-refractivity contribution in [1.29, 1.82) is 0 Å². The zero-order chi connectivity index (χ0) is 36.3. The van der Waals surface area contributed by atoms with Crippen molar-refractivity contribution >= 4 is 81.3 Å². The number of anilines is 3. The van der Waals surface area contributed by atoms with Gasteiger partial charge in [0.25, 0.3) is 0 Å². The number of rotatable bonds is 6. The molecule has 0 unspecified atom stereocenters. The van der Waals surface area contributed by atoms with E-state index >= 15 is 0 Å². The quantitative estimate of drug-likeness (QED) is 0.170. The van der Waals surface area contributed by atoms with Crippen LogP contribution in [0.1, 0.15) is 0 Å². The lowest BCUT2D eigenvalue weighted by Crippen LogP contribution is -2.11. The van der Waals surface area contributed by atoms with Gasteiger partial charge < -0.3 is 9.32 Å². The zero-order valence-corrected chi connectivity index (χ0v) is 30.6. The van der Waals surface area contributed by atoms with Crippen LogP contribution in [0.25, 0.3) is 86.3 Å². The summed E-state index contributed by atoms with van der Waals surface area (Å²) in [5, 5.41) is 7.37. The van der Waals surface area contributed by atoms with E-state index in [-0.39, 0.29) is 0 Å². The standard InChI is InChI=1S/C52H33NOS/c1-2-16-40-34(12-1)13-10-20-41(40)36-14-9-15-37(32-36)42-17-3-6-22-47(42)53(39-30-31-45-44-18-5-8-25-50(44)55-51(45)33-39)38-28-26-35(27-29-38)43-21-11-24-49-52(43)46-19-4-7-23-48(46)54-49/h1-33H. The molecule has 0 N–H and O–H groups in total. The number of nitrogens with zero attached hydrogens (tertiary/aromatic N) is 1. The van der Waals surface area contributed by atoms with Gasteiger partial charge in [-0.2, -0.15) is 0 Å². The maximum atomic E-state index is 6.25. The van der Waals surface area contributed by atoms with E-state index in [1.54, 1.807) is 0 Å². The van der Waals surface area contributed by atoms with Gasteiger partial charge in [0.15, 0.2) is 0 Å². The Labute approximate surface area is 322 Å². The van der Waals surface area contributed by atoms with Crippen LogP contribution >= 0.6 is 11.3 Å². The third-order valence-corrected chi connectivity index (χ3v) is 12.0. The average molecular weight is 720 g/mol. The monoisotopic (exact) mass is 719 g/mol. The largest absolute Gasteiger partial charge is 0.456 e. The Morgan fingerprint density at radius 1 is 0.364 bits per heavy atom. The fourth-order valence-electron chi connectivity index (χ4n) is 8.33. The van der Waals surface area contributed by atoms with Gasteiger partial charge in [-0.1, -0.05) is 146 Å². The lowest BCUT2D eigenvalue weighted by atomic mass is 9.94. The Balaban J connectivity index is 1.08. The van der Waals surface area contributed by atoms with E-state index in [2.05, 4.69) is 193 Å². The summed E-state index contributed by atoms with van der Waals surface area (Å²) in [5.74, 6) is 0. The van der Waals surface area contributed by atoms with Gasteiger partial charge in [0.2, 0.25) is 0 Å². The van der Waals surface area contributed by atoms with Crippen LogP contribution in [0.2, 0.25) is 0 Å². The molecule has 2 nitrogen and oxygen atoms in total. The summed E-state index contributed by atoms with van der Waals surface area (Å²) < 4.78 is 8.83. The van der Waals surface area contributed by atoms with Crippen LogP contribution in [0, 0.1) is 0 Å². The SMILES string of the molecule is c1cc(-c2ccccc2N(c2ccc(-c3cccc4oc5ccccc5c34)cc2)c2ccc3c(c2)sc2ccccc23)cc(-c2cccc3ccccc23)c1. The second-order valence-electron chi connectivity index (χ2n) is 14.1. The first-order valence-corrected chi connectivity index (χ1v) is 19.5.